The number of hydrogen-bond donors (Lipinski definition) is 0. The number of nitriles is 1. The molecule has 24 heavy (non-hydrogen) atoms. The van der Waals surface area contributed by atoms with Gasteiger partial charge in [0.15, 0.2) is 0 Å². The Bertz CT molecular complexity index is 764. The molecular weight excluding hydrogens is 306 g/mol. The fourth-order valence-corrected chi connectivity index (χ4v) is 2.87. The SMILES string of the molecule is N#Cc1ccc(N2CCN(Cc3ccccn3)CC2)c([N+](=O)[O-])c1. The van der Waals surface area contributed by atoms with Crippen LogP contribution >= 0.6 is 0 Å². The highest BCUT2D eigenvalue weighted by molar-refractivity contribution is 5.65. The molecule has 0 saturated carbocycles. The lowest BCUT2D eigenvalue weighted by molar-refractivity contribution is -0.384. The van der Waals surface area contributed by atoms with Crippen LogP contribution in [-0.4, -0.2) is 41.0 Å². The smallest absolute Gasteiger partial charge is 0.293 e. The van der Waals surface area contributed by atoms with Crippen LogP contribution in [0, 0.1) is 21.4 Å². The number of nitrogens with zero attached hydrogens (tertiary/aromatic N) is 5. The molecule has 3 rings (SSSR count). The van der Waals surface area contributed by atoms with Crippen LogP contribution < -0.4 is 4.90 Å². The standard InChI is InChI=1S/C17H17N5O2/c18-12-14-4-5-16(17(11-14)22(23)24)21-9-7-20(8-10-21)13-15-3-1-2-6-19-15/h1-6,11H,7-10,13H2. The van der Waals surface area contributed by atoms with E-state index in [1.807, 2.05) is 29.2 Å². The summed E-state index contributed by atoms with van der Waals surface area (Å²) in [6.07, 6.45) is 1.78. The minimum atomic E-state index is -0.420. The number of pyridine rings is 1. The number of aromatic nitrogens is 1. The summed E-state index contributed by atoms with van der Waals surface area (Å²) >= 11 is 0. The van der Waals surface area contributed by atoms with E-state index in [9.17, 15) is 10.1 Å². The molecule has 122 valence electrons. The number of benzene rings is 1. The lowest BCUT2D eigenvalue weighted by Gasteiger charge is -2.35. The van der Waals surface area contributed by atoms with Gasteiger partial charge in [-0.25, -0.2) is 0 Å². The number of piperazine rings is 1. The first-order valence-electron chi connectivity index (χ1n) is 7.73. The Morgan fingerprint density at radius 3 is 2.62 bits per heavy atom. The van der Waals surface area contributed by atoms with Gasteiger partial charge in [-0.15, -0.1) is 0 Å². The predicted octanol–water partition coefficient (Wildman–Crippen LogP) is 2.18. The molecule has 0 aliphatic carbocycles. The summed E-state index contributed by atoms with van der Waals surface area (Å²) in [4.78, 5) is 19.5. The van der Waals surface area contributed by atoms with Crippen molar-refractivity contribution >= 4 is 11.4 Å². The highest BCUT2D eigenvalue weighted by atomic mass is 16.6. The van der Waals surface area contributed by atoms with E-state index in [0.29, 0.717) is 24.3 Å². The van der Waals surface area contributed by atoms with Crippen LogP contribution in [0.5, 0.6) is 0 Å². The van der Waals surface area contributed by atoms with Crippen LogP contribution in [0.2, 0.25) is 0 Å². The van der Waals surface area contributed by atoms with E-state index in [2.05, 4.69) is 9.88 Å². The van der Waals surface area contributed by atoms with Crippen LogP contribution in [0.3, 0.4) is 0 Å². The minimum Gasteiger partial charge on any atom is -0.363 e. The Hall–Kier alpha value is -2.98. The summed E-state index contributed by atoms with van der Waals surface area (Å²) in [6.45, 7) is 3.82. The fraction of sp³-hybridized carbons (Fsp3) is 0.294. The monoisotopic (exact) mass is 323 g/mol. The van der Waals surface area contributed by atoms with Crippen LogP contribution in [0.4, 0.5) is 11.4 Å². The average molecular weight is 323 g/mol. The van der Waals surface area contributed by atoms with Gasteiger partial charge in [-0.05, 0) is 24.3 Å². The van der Waals surface area contributed by atoms with Crippen molar-refractivity contribution in [3.63, 3.8) is 0 Å². The maximum atomic E-state index is 11.3. The average Bonchev–Trinajstić information content (AvgIpc) is 2.63. The van der Waals surface area contributed by atoms with Crippen LogP contribution in [0.25, 0.3) is 0 Å². The second kappa shape index (κ2) is 7.06. The summed E-state index contributed by atoms with van der Waals surface area (Å²) < 4.78 is 0. The Labute approximate surface area is 139 Å². The third-order valence-electron chi connectivity index (χ3n) is 4.13. The zero-order valence-electron chi connectivity index (χ0n) is 13.1. The van der Waals surface area contributed by atoms with Gasteiger partial charge in [0.2, 0.25) is 0 Å². The predicted molar refractivity (Wildman–Crippen MR) is 89.5 cm³/mol. The molecule has 1 saturated heterocycles. The Morgan fingerprint density at radius 1 is 1.21 bits per heavy atom. The third-order valence-corrected chi connectivity index (χ3v) is 4.13. The molecule has 2 heterocycles. The van der Waals surface area contributed by atoms with Crippen LogP contribution in [0.15, 0.2) is 42.6 Å². The number of rotatable bonds is 4. The normalized spacial score (nSPS) is 15.0. The van der Waals surface area contributed by atoms with Gasteiger partial charge in [0.1, 0.15) is 5.69 Å². The molecular formula is C17H17N5O2. The molecule has 0 N–H and O–H groups in total. The quantitative estimate of drug-likeness (QED) is 0.633. The molecule has 0 radical (unpaired) electrons. The van der Waals surface area contributed by atoms with Crippen molar-refractivity contribution in [1.82, 2.24) is 9.88 Å². The molecule has 1 aromatic carbocycles. The van der Waals surface area contributed by atoms with E-state index < -0.39 is 4.92 Å². The van der Waals surface area contributed by atoms with Gasteiger partial charge < -0.3 is 4.90 Å². The first-order valence-corrected chi connectivity index (χ1v) is 7.73. The maximum absolute atomic E-state index is 11.3. The fourth-order valence-electron chi connectivity index (χ4n) is 2.87. The number of anilines is 1. The summed E-state index contributed by atoms with van der Waals surface area (Å²) in [5.74, 6) is 0. The van der Waals surface area contributed by atoms with E-state index in [-0.39, 0.29) is 5.69 Å². The molecule has 1 aliphatic heterocycles. The Balaban J connectivity index is 1.69. The Kier molecular flexibility index (Phi) is 4.68. The molecule has 0 bridgehead atoms. The highest BCUT2D eigenvalue weighted by Crippen LogP contribution is 2.30. The van der Waals surface area contributed by atoms with Gasteiger partial charge in [0.05, 0.1) is 22.2 Å². The molecule has 1 aromatic heterocycles. The number of nitro groups is 1. The van der Waals surface area contributed by atoms with Gasteiger partial charge in [-0.3, -0.25) is 20.0 Å². The van der Waals surface area contributed by atoms with E-state index in [1.54, 1.807) is 18.3 Å². The van der Waals surface area contributed by atoms with Crippen molar-refractivity contribution in [2.45, 2.75) is 6.54 Å². The summed E-state index contributed by atoms with van der Waals surface area (Å²) in [5, 5.41) is 20.2. The van der Waals surface area contributed by atoms with Crippen molar-refractivity contribution in [3.8, 4) is 6.07 Å². The van der Waals surface area contributed by atoms with E-state index in [4.69, 9.17) is 5.26 Å². The van der Waals surface area contributed by atoms with Gasteiger partial charge in [-0.2, -0.15) is 5.26 Å². The van der Waals surface area contributed by atoms with E-state index in [1.165, 1.54) is 6.07 Å². The van der Waals surface area contributed by atoms with Crippen molar-refractivity contribution in [3.05, 3.63) is 64.0 Å². The largest absolute Gasteiger partial charge is 0.363 e. The minimum absolute atomic E-state index is 0.00720. The second-order valence-electron chi connectivity index (χ2n) is 5.66. The topological polar surface area (TPSA) is 86.3 Å². The number of nitro benzene ring substituents is 1. The first kappa shape index (κ1) is 15.9. The third kappa shape index (κ3) is 3.50. The number of hydrogen-bond acceptors (Lipinski definition) is 6. The maximum Gasteiger partial charge on any atom is 0.293 e. The van der Waals surface area contributed by atoms with Crippen LogP contribution in [-0.2, 0) is 6.54 Å². The van der Waals surface area contributed by atoms with Crippen molar-refractivity contribution in [1.29, 1.82) is 5.26 Å². The summed E-state index contributed by atoms with van der Waals surface area (Å²) in [6, 6.07) is 12.5. The van der Waals surface area contributed by atoms with Crippen molar-refractivity contribution < 1.29 is 4.92 Å². The van der Waals surface area contributed by atoms with Gasteiger partial charge in [0, 0.05) is 45.0 Å². The molecule has 0 amide bonds. The molecule has 0 spiro atoms. The van der Waals surface area contributed by atoms with Crippen LogP contribution in [0.1, 0.15) is 11.3 Å². The van der Waals surface area contributed by atoms with Gasteiger partial charge in [0.25, 0.3) is 5.69 Å². The molecule has 7 nitrogen and oxygen atoms in total. The summed E-state index contributed by atoms with van der Waals surface area (Å²) in [7, 11) is 0. The highest BCUT2D eigenvalue weighted by Gasteiger charge is 2.24. The summed E-state index contributed by atoms with van der Waals surface area (Å²) in [5.41, 5.74) is 1.90. The zero-order chi connectivity index (χ0) is 16.9. The zero-order valence-corrected chi connectivity index (χ0v) is 13.1. The lowest BCUT2D eigenvalue weighted by atomic mass is 10.1. The first-order chi connectivity index (χ1) is 11.7. The molecule has 1 aliphatic rings. The molecule has 0 unspecified atom stereocenters. The Morgan fingerprint density at radius 2 is 2.00 bits per heavy atom. The lowest BCUT2D eigenvalue weighted by Crippen LogP contribution is -2.46. The molecule has 7 heteroatoms. The molecule has 1 fully saturated rings. The van der Waals surface area contributed by atoms with E-state index in [0.717, 1.165) is 25.3 Å². The van der Waals surface area contributed by atoms with Crippen molar-refractivity contribution in [2.24, 2.45) is 0 Å². The van der Waals surface area contributed by atoms with E-state index >= 15 is 0 Å². The second-order valence-corrected chi connectivity index (χ2v) is 5.66. The van der Waals surface area contributed by atoms with Gasteiger partial charge >= 0.3 is 0 Å². The van der Waals surface area contributed by atoms with Crippen molar-refractivity contribution in [2.75, 3.05) is 31.1 Å². The molecule has 2 aromatic rings. The molecule has 0 atom stereocenters. The van der Waals surface area contributed by atoms with Gasteiger partial charge in [-0.1, -0.05) is 6.07 Å².